The van der Waals surface area contributed by atoms with Gasteiger partial charge in [-0.2, -0.15) is 0 Å². The van der Waals surface area contributed by atoms with Crippen molar-refractivity contribution in [1.82, 2.24) is 4.72 Å². The lowest BCUT2D eigenvalue weighted by Crippen LogP contribution is -2.28. The van der Waals surface area contributed by atoms with Gasteiger partial charge >= 0.3 is 0 Å². The molecule has 0 amide bonds. The summed E-state index contributed by atoms with van der Waals surface area (Å²) in [4.78, 5) is -0.387. The highest BCUT2D eigenvalue weighted by molar-refractivity contribution is 7.89. The summed E-state index contributed by atoms with van der Waals surface area (Å²) in [5.41, 5.74) is 6.61. The van der Waals surface area contributed by atoms with Crippen molar-refractivity contribution in [2.75, 3.05) is 12.3 Å². The van der Waals surface area contributed by atoms with Gasteiger partial charge in [0.05, 0.1) is 0 Å². The minimum Gasteiger partial charge on any atom is -0.398 e. The van der Waals surface area contributed by atoms with E-state index in [9.17, 15) is 12.8 Å². The number of rotatable bonds is 4. The second kappa shape index (κ2) is 4.68. The van der Waals surface area contributed by atoms with Crippen LogP contribution in [0.5, 0.6) is 0 Å². The number of anilines is 1. The Kier molecular flexibility index (Phi) is 3.62. The van der Waals surface area contributed by atoms with E-state index >= 15 is 0 Å². The largest absolute Gasteiger partial charge is 0.398 e. The molecule has 0 radical (unpaired) electrons. The quantitative estimate of drug-likeness (QED) is 0.839. The van der Waals surface area contributed by atoms with Gasteiger partial charge < -0.3 is 5.73 Å². The van der Waals surface area contributed by atoms with E-state index in [0.717, 1.165) is 6.07 Å². The average Bonchev–Trinajstić information content (AvgIpc) is 2.71. The van der Waals surface area contributed by atoms with Gasteiger partial charge in [0.2, 0.25) is 10.0 Å². The Balaban J connectivity index is 2.19. The number of hydrogen-bond donors (Lipinski definition) is 2. The van der Waals surface area contributed by atoms with E-state index in [1.54, 1.807) is 6.92 Å². The van der Waals surface area contributed by atoms with E-state index in [1.165, 1.54) is 6.07 Å². The van der Waals surface area contributed by atoms with E-state index in [-0.39, 0.29) is 27.3 Å². The fourth-order valence-electron chi connectivity index (χ4n) is 2.99. The molecule has 0 spiro atoms. The van der Waals surface area contributed by atoms with Crippen LogP contribution in [0.1, 0.15) is 33.3 Å². The molecule has 3 N–H and O–H groups in total. The maximum Gasteiger partial charge on any atom is 0.243 e. The summed E-state index contributed by atoms with van der Waals surface area (Å²) in [6.07, 6.45) is 0. The first-order valence-electron chi connectivity index (χ1n) is 6.96. The molecule has 1 fully saturated rings. The summed E-state index contributed by atoms with van der Waals surface area (Å²) in [5, 5.41) is 0. The first-order chi connectivity index (χ1) is 9.41. The van der Waals surface area contributed by atoms with Crippen LogP contribution in [0.4, 0.5) is 10.1 Å². The van der Waals surface area contributed by atoms with Crippen LogP contribution in [0, 0.1) is 29.5 Å². The number of nitrogens with one attached hydrogen (secondary N) is 1. The first kappa shape index (κ1) is 16.2. The molecule has 0 heterocycles. The first-order valence-corrected chi connectivity index (χ1v) is 8.45. The van der Waals surface area contributed by atoms with E-state index in [2.05, 4.69) is 32.4 Å². The minimum absolute atomic E-state index is 0.0698. The van der Waals surface area contributed by atoms with Gasteiger partial charge in [0, 0.05) is 12.2 Å². The monoisotopic (exact) mass is 314 g/mol. The molecule has 2 rings (SSSR count). The van der Waals surface area contributed by atoms with Gasteiger partial charge in [0.25, 0.3) is 0 Å². The van der Waals surface area contributed by atoms with Crippen LogP contribution in [0.25, 0.3) is 0 Å². The molecule has 1 aliphatic rings. The van der Waals surface area contributed by atoms with Crippen molar-refractivity contribution in [3.05, 3.63) is 23.5 Å². The number of hydrogen-bond acceptors (Lipinski definition) is 3. The zero-order valence-electron chi connectivity index (χ0n) is 13.1. The van der Waals surface area contributed by atoms with E-state index in [0.29, 0.717) is 12.1 Å². The normalized spacial score (nSPS) is 20.5. The van der Waals surface area contributed by atoms with Crippen molar-refractivity contribution in [1.29, 1.82) is 0 Å². The van der Waals surface area contributed by atoms with Crippen LogP contribution in [-0.2, 0) is 10.0 Å². The van der Waals surface area contributed by atoms with Gasteiger partial charge in [-0.1, -0.05) is 27.7 Å². The second-order valence-corrected chi connectivity index (χ2v) is 8.72. The van der Waals surface area contributed by atoms with Crippen molar-refractivity contribution >= 4 is 15.7 Å². The van der Waals surface area contributed by atoms with E-state index < -0.39 is 15.8 Å². The standard InChI is InChI=1S/C15H23FN2O2S/c1-9-6-10(16)12(7-11(9)17)21(19,20)18-8-13-14(2,3)15(13,4)5/h6-7,13,18H,8,17H2,1-5H3. The topological polar surface area (TPSA) is 72.2 Å². The Bertz CT molecular complexity index is 667. The fraction of sp³-hybridized carbons (Fsp3) is 0.600. The number of nitrogen functional groups attached to an aromatic ring is 1. The Hall–Kier alpha value is -1.14. The van der Waals surface area contributed by atoms with Gasteiger partial charge in [-0.3, -0.25) is 0 Å². The van der Waals surface area contributed by atoms with Crippen molar-refractivity contribution in [2.45, 2.75) is 39.5 Å². The highest BCUT2D eigenvalue weighted by Crippen LogP contribution is 2.67. The molecule has 1 aliphatic carbocycles. The van der Waals surface area contributed by atoms with Gasteiger partial charge in [-0.15, -0.1) is 0 Å². The third kappa shape index (κ3) is 2.55. The van der Waals surface area contributed by atoms with Crippen LogP contribution in [0.2, 0.25) is 0 Å². The van der Waals surface area contributed by atoms with Crippen LogP contribution >= 0.6 is 0 Å². The van der Waals surface area contributed by atoms with Gasteiger partial charge in [0.15, 0.2) is 0 Å². The molecule has 0 unspecified atom stereocenters. The minimum atomic E-state index is -3.89. The summed E-state index contributed by atoms with van der Waals surface area (Å²) < 4.78 is 40.9. The van der Waals surface area contributed by atoms with Crippen LogP contribution in [-0.4, -0.2) is 15.0 Å². The van der Waals surface area contributed by atoms with Crippen molar-refractivity contribution in [2.24, 2.45) is 16.7 Å². The summed E-state index contributed by atoms with van der Waals surface area (Å²) in [6.45, 7) is 10.4. The number of benzene rings is 1. The molecule has 1 aromatic rings. The average molecular weight is 314 g/mol. The van der Waals surface area contributed by atoms with Crippen molar-refractivity contribution < 1.29 is 12.8 Å². The second-order valence-electron chi connectivity index (χ2n) is 6.99. The van der Waals surface area contributed by atoms with Crippen LogP contribution in [0.3, 0.4) is 0 Å². The number of sulfonamides is 1. The zero-order valence-corrected chi connectivity index (χ0v) is 13.9. The lowest BCUT2D eigenvalue weighted by atomic mass is 10.0. The Morgan fingerprint density at radius 2 is 1.76 bits per heavy atom. The maximum atomic E-state index is 13.9. The third-order valence-corrected chi connectivity index (χ3v) is 6.85. The summed E-state index contributed by atoms with van der Waals surface area (Å²) in [5.74, 6) is -0.547. The number of aryl methyl sites for hydroxylation is 1. The molecule has 4 nitrogen and oxygen atoms in total. The molecule has 0 bridgehead atoms. The van der Waals surface area contributed by atoms with Crippen LogP contribution in [0.15, 0.2) is 17.0 Å². The van der Waals surface area contributed by atoms with E-state index in [1.807, 2.05) is 0 Å². The Morgan fingerprint density at radius 3 is 2.24 bits per heavy atom. The Labute approximate surface area is 126 Å². The molecule has 0 saturated heterocycles. The third-order valence-electron chi connectivity index (χ3n) is 5.41. The summed E-state index contributed by atoms with van der Waals surface area (Å²) >= 11 is 0. The molecule has 6 heteroatoms. The molecular weight excluding hydrogens is 291 g/mol. The lowest BCUT2D eigenvalue weighted by molar-refractivity contribution is 0.457. The molecule has 1 aromatic carbocycles. The molecule has 21 heavy (non-hydrogen) atoms. The predicted molar refractivity (Wildman–Crippen MR) is 81.8 cm³/mol. The lowest BCUT2D eigenvalue weighted by Gasteiger charge is -2.10. The smallest absolute Gasteiger partial charge is 0.243 e. The molecule has 118 valence electrons. The highest BCUT2D eigenvalue weighted by Gasteiger charge is 2.64. The molecular formula is C15H23FN2O2S. The van der Waals surface area contributed by atoms with Gasteiger partial charge in [-0.05, 0) is 41.4 Å². The number of nitrogens with two attached hydrogens (primary N) is 1. The molecule has 0 aromatic heterocycles. The molecule has 0 atom stereocenters. The number of halogens is 1. The van der Waals surface area contributed by atoms with Crippen molar-refractivity contribution in [3.8, 4) is 0 Å². The van der Waals surface area contributed by atoms with Gasteiger partial charge in [0.1, 0.15) is 10.7 Å². The Morgan fingerprint density at radius 1 is 1.24 bits per heavy atom. The van der Waals surface area contributed by atoms with Gasteiger partial charge in [-0.25, -0.2) is 17.5 Å². The molecule has 1 saturated carbocycles. The van der Waals surface area contributed by atoms with Crippen LogP contribution < -0.4 is 10.5 Å². The fourth-order valence-corrected chi connectivity index (χ4v) is 4.13. The summed E-state index contributed by atoms with van der Waals surface area (Å²) in [6, 6.07) is 2.32. The maximum absolute atomic E-state index is 13.9. The predicted octanol–water partition coefficient (Wildman–Crippen LogP) is 2.68. The molecule has 0 aliphatic heterocycles. The SMILES string of the molecule is Cc1cc(F)c(S(=O)(=O)NCC2C(C)(C)C2(C)C)cc1N. The zero-order chi connectivity index (χ0) is 16.2. The van der Waals surface area contributed by atoms with E-state index in [4.69, 9.17) is 5.73 Å². The van der Waals surface area contributed by atoms with Crippen molar-refractivity contribution in [3.63, 3.8) is 0 Å². The summed E-state index contributed by atoms with van der Waals surface area (Å²) in [7, 11) is -3.89. The highest BCUT2D eigenvalue weighted by atomic mass is 32.2.